The Hall–Kier alpha value is -0.570. The van der Waals surface area contributed by atoms with Gasteiger partial charge in [-0.25, -0.2) is 0 Å². The quantitative estimate of drug-likeness (QED) is 0.576. The van der Waals surface area contributed by atoms with Gasteiger partial charge in [-0.15, -0.1) is 36.9 Å². The highest BCUT2D eigenvalue weighted by atomic mass is 35.5. The van der Waals surface area contributed by atoms with Crippen molar-refractivity contribution in [1.82, 2.24) is 0 Å². The van der Waals surface area contributed by atoms with Crippen LogP contribution in [0.5, 0.6) is 0 Å². The Balaban J connectivity index is 2.35. The molecule has 2 aromatic rings. The molecule has 0 amide bonds. The van der Waals surface area contributed by atoms with Crippen LogP contribution in [0.3, 0.4) is 0 Å². The molecule has 16 heavy (non-hydrogen) atoms. The Morgan fingerprint density at radius 3 is 1.62 bits per heavy atom. The number of hydrogen-bond donors (Lipinski definition) is 2. The molecule has 0 N–H and O–H groups in total. The van der Waals surface area contributed by atoms with E-state index in [2.05, 4.69) is 25.3 Å². The van der Waals surface area contributed by atoms with E-state index in [9.17, 15) is 0 Å². The molecule has 0 radical (unpaired) electrons. The van der Waals surface area contributed by atoms with Crippen molar-refractivity contribution in [3.05, 3.63) is 59.7 Å². The molecular weight excluding hydrogens is 256 g/mol. The minimum Gasteiger partial charge on any atom is -0.143 e. The van der Waals surface area contributed by atoms with E-state index in [-0.39, 0.29) is 5.38 Å². The topological polar surface area (TPSA) is 0 Å². The Bertz CT molecular complexity index is 451. The standard InChI is InChI=1S/C13H11ClS2/c14-13(9-3-1-5-11(15)7-9)10-4-2-6-12(16)8-10/h1-8,13,15-16H. The summed E-state index contributed by atoms with van der Waals surface area (Å²) in [6.45, 7) is 0. The second-order valence-corrected chi connectivity index (χ2v) is 5.02. The Labute approximate surface area is 111 Å². The van der Waals surface area contributed by atoms with Crippen LogP contribution in [0.25, 0.3) is 0 Å². The first-order valence-corrected chi connectivity index (χ1v) is 6.22. The van der Waals surface area contributed by atoms with Crippen molar-refractivity contribution < 1.29 is 0 Å². The summed E-state index contributed by atoms with van der Waals surface area (Å²) in [5.41, 5.74) is 2.10. The monoisotopic (exact) mass is 266 g/mol. The summed E-state index contributed by atoms with van der Waals surface area (Å²) in [5, 5.41) is -0.154. The van der Waals surface area contributed by atoms with Crippen LogP contribution in [-0.4, -0.2) is 0 Å². The van der Waals surface area contributed by atoms with Gasteiger partial charge in [-0.1, -0.05) is 24.3 Å². The summed E-state index contributed by atoms with van der Waals surface area (Å²) < 4.78 is 0. The van der Waals surface area contributed by atoms with Gasteiger partial charge in [0.15, 0.2) is 0 Å². The van der Waals surface area contributed by atoms with E-state index in [0.717, 1.165) is 20.9 Å². The van der Waals surface area contributed by atoms with E-state index >= 15 is 0 Å². The molecule has 0 aliphatic heterocycles. The summed E-state index contributed by atoms with van der Waals surface area (Å²) in [7, 11) is 0. The van der Waals surface area contributed by atoms with Crippen LogP contribution in [0, 0.1) is 0 Å². The van der Waals surface area contributed by atoms with Crippen LogP contribution in [0.2, 0.25) is 0 Å². The largest absolute Gasteiger partial charge is 0.143 e. The molecule has 82 valence electrons. The molecule has 0 spiro atoms. The van der Waals surface area contributed by atoms with E-state index in [1.54, 1.807) is 0 Å². The van der Waals surface area contributed by atoms with E-state index in [0.29, 0.717) is 0 Å². The van der Waals surface area contributed by atoms with Crippen molar-refractivity contribution in [2.45, 2.75) is 15.2 Å². The van der Waals surface area contributed by atoms with E-state index in [1.165, 1.54) is 0 Å². The Morgan fingerprint density at radius 2 is 1.25 bits per heavy atom. The van der Waals surface area contributed by atoms with Gasteiger partial charge in [0.1, 0.15) is 0 Å². The minimum atomic E-state index is -0.154. The maximum absolute atomic E-state index is 6.41. The van der Waals surface area contributed by atoms with Gasteiger partial charge in [0.05, 0.1) is 5.38 Å². The summed E-state index contributed by atoms with van der Waals surface area (Å²) in [4.78, 5) is 1.84. The molecule has 2 rings (SSSR count). The van der Waals surface area contributed by atoms with Crippen molar-refractivity contribution in [2.75, 3.05) is 0 Å². The molecule has 0 fully saturated rings. The second kappa shape index (κ2) is 5.17. The Morgan fingerprint density at radius 1 is 0.812 bits per heavy atom. The van der Waals surface area contributed by atoms with Gasteiger partial charge in [0.2, 0.25) is 0 Å². The highest BCUT2D eigenvalue weighted by molar-refractivity contribution is 7.80. The maximum atomic E-state index is 6.41. The normalized spacial score (nSPS) is 10.8. The lowest BCUT2D eigenvalue weighted by molar-refractivity contribution is 1.11. The van der Waals surface area contributed by atoms with Gasteiger partial charge < -0.3 is 0 Å². The molecule has 0 saturated carbocycles. The zero-order valence-electron chi connectivity index (χ0n) is 8.47. The fourth-order valence-electron chi connectivity index (χ4n) is 1.56. The second-order valence-electron chi connectivity index (χ2n) is 3.55. The highest BCUT2D eigenvalue weighted by Gasteiger charge is 2.10. The van der Waals surface area contributed by atoms with Gasteiger partial charge in [-0.2, -0.15) is 0 Å². The predicted octanol–water partition coefficient (Wildman–Crippen LogP) is 4.59. The summed E-state index contributed by atoms with van der Waals surface area (Å²) in [6.07, 6.45) is 0. The fourth-order valence-corrected chi connectivity index (χ4v) is 2.30. The predicted molar refractivity (Wildman–Crippen MR) is 75.1 cm³/mol. The number of rotatable bonds is 2. The molecule has 0 heterocycles. The number of halogens is 1. The molecule has 0 aromatic heterocycles. The molecule has 0 nitrogen and oxygen atoms in total. The van der Waals surface area contributed by atoms with Crippen molar-refractivity contribution in [2.24, 2.45) is 0 Å². The zero-order chi connectivity index (χ0) is 11.5. The van der Waals surface area contributed by atoms with Crippen molar-refractivity contribution in [1.29, 1.82) is 0 Å². The maximum Gasteiger partial charge on any atom is 0.0836 e. The van der Waals surface area contributed by atoms with Crippen molar-refractivity contribution >= 4 is 36.9 Å². The van der Waals surface area contributed by atoms with Crippen molar-refractivity contribution in [3.63, 3.8) is 0 Å². The van der Waals surface area contributed by atoms with Gasteiger partial charge in [-0.3, -0.25) is 0 Å². The number of hydrogen-bond acceptors (Lipinski definition) is 2. The van der Waals surface area contributed by atoms with E-state index < -0.39 is 0 Å². The van der Waals surface area contributed by atoms with E-state index in [4.69, 9.17) is 11.6 Å². The van der Waals surface area contributed by atoms with Crippen LogP contribution in [0.1, 0.15) is 16.5 Å². The minimum absolute atomic E-state index is 0.154. The molecule has 0 atom stereocenters. The molecule has 0 saturated heterocycles. The van der Waals surface area contributed by atoms with Crippen LogP contribution < -0.4 is 0 Å². The number of benzene rings is 2. The first-order valence-electron chi connectivity index (χ1n) is 4.89. The summed E-state index contributed by atoms with van der Waals surface area (Å²) in [5.74, 6) is 0. The van der Waals surface area contributed by atoms with Crippen molar-refractivity contribution in [3.8, 4) is 0 Å². The SMILES string of the molecule is Sc1cccc(C(Cl)c2cccc(S)c2)c1. The van der Waals surface area contributed by atoms with Gasteiger partial charge in [0, 0.05) is 9.79 Å². The lowest BCUT2D eigenvalue weighted by atomic mass is 10.0. The highest BCUT2D eigenvalue weighted by Crippen LogP contribution is 2.30. The molecule has 0 unspecified atom stereocenters. The lowest BCUT2D eigenvalue weighted by Gasteiger charge is -2.11. The first-order chi connectivity index (χ1) is 7.66. The summed E-state index contributed by atoms with van der Waals surface area (Å²) >= 11 is 15.0. The molecule has 0 bridgehead atoms. The smallest absolute Gasteiger partial charge is 0.0836 e. The third-order valence-electron chi connectivity index (χ3n) is 2.33. The average molecular weight is 267 g/mol. The molecule has 2 aromatic carbocycles. The third-order valence-corrected chi connectivity index (χ3v) is 3.39. The number of alkyl halides is 1. The van der Waals surface area contributed by atoms with Gasteiger partial charge in [0.25, 0.3) is 0 Å². The van der Waals surface area contributed by atoms with Crippen LogP contribution in [-0.2, 0) is 0 Å². The molecule has 3 heteroatoms. The average Bonchev–Trinajstić information content (AvgIpc) is 2.28. The third kappa shape index (κ3) is 2.76. The van der Waals surface area contributed by atoms with Crippen LogP contribution >= 0.6 is 36.9 Å². The Kier molecular flexibility index (Phi) is 3.85. The van der Waals surface area contributed by atoms with Gasteiger partial charge in [-0.05, 0) is 35.4 Å². The van der Waals surface area contributed by atoms with Crippen LogP contribution in [0.4, 0.5) is 0 Å². The fraction of sp³-hybridized carbons (Fsp3) is 0.0769. The zero-order valence-corrected chi connectivity index (χ0v) is 11.0. The first kappa shape index (κ1) is 11.9. The van der Waals surface area contributed by atoms with Crippen LogP contribution in [0.15, 0.2) is 58.3 Å². The van der Waals surface area contributed by atoms with Gasteiger partial charge >= 0.3 is 0 Å². The molecular formula is C13H11ClS2. The molecule has 0 aliphatic rings. The number of thiol groups is 2. The summed E-state index contributed by atoms with van der Waals surface area (Å²) in [6, 6.07) is 15.7. The lowest BCUT2D eigenvalue weighted by Crippen LogP contribution is -1.93. The van der Waals surface area contributed by atoms with E-state index in [1.807, 2.05) is 48.5 Å². The molecule has 0 aliphatic carbocycles.